The summed E-state index contributed by atoms with van der Waals surface area (Å²) in [7, 11) is 2.06. The average molecular weight is 473 g/mol. The first kappa shape index (κ1) is 20.6. The normalized spacial score (nSPS) is 13.5. The number of rotatable bonds is 4. The summed E-state index contributed by atoms with van der Waals surface area (Å²) in [6, 6.07) is 26.6. The van der Waals surface area contributed by atoms with Gasteiger partial charge in [-0.2, -0.15) is 0 Å². The van der Waals surface area contributed by atoms with Crippen LogP contribution in [0.15, 0.2) is 97.5 Å². The molecular weight excluding hydrogens is 448 g/mol. The van der Waals surface area contributed by atoms with E-state index in [9.17, 15) is 0 Å². The van der Waals surface area contributed by atoms with Crippen LogP contribution in [0, 0.1) is 6.92 Å². The number of fused-ring (bicyclic) bond motifs is 5. The molecule has 0 fully saturated rings. The molecule has 0 bridgehead atoms. The van der Waals surface area contributed by atoms with Gasteiger partial charge in [-0.3, -0.25) is 8.97 Å². The molecule has 0 radical (unpaired) electrons. The standard InChI is InChI=1S/C29H24N6O/c1-20-7-5-10-25-28(20)31-29-34(25)24-13-12-23(18-26(24)35(29)27-11-3-4-14-30-27)36-22-9-6-8-21(17-22)33-16-15-32(2)19-33/h3-18H,19H2,1-2H3. The number of para-hydroxylation sites is 1. The summed E-state index contributed by atoms with van der Waals surface area (Å²) in [5.41, 5.74) is 6.35. The van der Waals surface area contributed by atoms with Crippen LogP contribution in [0.5, 0.6) is 11.5 Å². The topological polar surface area (TPSA) is 50.8 Å². The Hall–Kier alpha value is -4.78. The highest BCUT2D eigenvalue weighted by Gasteiger charge is 2.19. The number of hydrogen-bond acceptors (Lipinski definition) is 5. The lowest BCUT2D eigenvalue weighted by Crippen LogP contribution is -2.21. The van der Waals surface area contributed by atoms with E-state index < -0.39 is 0 Å². The quantitative estimate of drug-likeness (QED) is 0.310. The maximum atomic E-state index is 6.36. The SMILES string of the molecule is Cc1cccc2c1nc1n(-c3ccccn3)c3cc(Oc4cccc(N5C=CN(C)C5)c4)ccc3n21. The summed E-state index contributed by atoms with van der Waals surface area (Å²) in [5, 5.41) is 0. The monoisotopic (exact) mass is 472 g/mol. The number of pyridine rings is 1. The second-order valence-corrected chi connectivity index (χ2v) is 9.13. The molecule has 0 saturated heterocycles. The van der Waals surface area contributed by atoms with Crippen LogP contribution in [0.25, 0.3) is 33.7 Å². The smallest absolute Gasteiger partial charge is 0.221 e. The van der Waals surface area contributed by atoms with Gasteiger partial charge in [-0.15, -0.1) is 0 Å². The second-order valence-electron chi connectivity index (χ2n) is 9.13. The Morgan fingerprint density at radius 3 is 2.53 bits per heavy atom. The van der Waals surface area contributed by atoms with Gasteiger partial charge in [-0.1, -0.05) is 24.3 Å². The van der Waals surface area contributed by atoms with E-state index in [1.165, 1.54) is 0 Å². The van der Waals surface area contributed by atoms with Crippen LogP contribution >= 0.6 is 0 Å². The molecule has 0 spiro atoms. The molecule has 0 N–H and O–H groups in total. The van der Waals surface area contributed by atoms with Gasteiger partial charge < -0.3 is 14.5 Å². The second kappa shape index (κ2) is 7.88. The molecule has 7 nitrogen and oxygen atoms in total. The van der Waals surface area contributed by atoms with Crippen molar-refractivity contribution >= 4 is 33.5 Å². The fourth-order valence-corrected chi connectivity index (χ4v) is 4.93. The Labute approximate surface area is 208 Å². The van der Waals surface area contributed by atoms with Gasteiger partial charge in [0.25, 0.3) is 0 Å². The first-order chi connectivity index (χ1) is 17.7. The van der Waals surface area contributed by atoms with E-state index in [1.807, 2.05) is 42.6 Å². The largest absolute Gasteiger partial charge is 0.457 e. The third-order valence-corrected chi connectivity index (χ3v) is 6.64. The molecule has 1 aliphatic rings. The summed E-state index contributed by atoms with van der Waals surface area (Å²) >= 11 is 0. The molecule has 0 saturated carbocycles. The molecule has 3 aromatic carbocycles. The van der Waals surface area contributed by atoms with Crippen molar-refractivity contribution in [2.24, 2.45) is 0 Å². The van der Waals surface area contributed by atoms with Crippen molar-refractivity contribution in [1.29, 1.82) is 0 Å². The Kier molecular flexibility index (Phi) is 4.51. The lowest BCUT2D eigenvalue weighted by Gasteiger charge is -2.19. The van der Waals surface area contributed by atoms with Crippen LogP contribution < -0.4 is 9.64 Å². The van der Waals surface area contributed by atoms with E-state index in [1.54, 1.807) is 0 Å². The van der Waals surface area contributed by atoms with Crippen LogP contribution in [-0.4, -0.2) is 37.6 Å². The molecule has 7 heteroatoms. The molecule has 176 valence electrons. The van der Waals surface area contributed by atoms with Crippen molar-refractivity contribution in [3.05, 3.63) is 103 Å². The number of nitrogens with zero attached hydrogens (tertiary/aromatic N) is 6. The van der Waals surface area contributed by atoms with Crippen molar-refractivity contribution in [2.45, 2.75) is 6.92 Å². The van der Waals surface area contributed by atoms with Crippen molar-refractivity contribution in [1.82, 2.24) is 23.8 Å². The number of aromatic nitrogens is 4. The summed E-state index contributed by atoms with van der Waals surface area (Å²) in [4.78, 5) is 14.0. The summed E-state index contributed by atoms with van der Waals surface area (Å²) in [6.45, 7) is 2.92. The van der Waals surface area contributed by atoms with E-state index >= 15 is 0 Å². The molecule has 0 unspecified atom stereocenters. The number of imidazole rings is 2. The first-order valence-corrected chi connectivity index (χ1v) is 11.9. The highest BCUT2D eigenvalue weighted by Crippen LogP contribution is 2.34. The van der Waals surface area contributed by atoms with E-state index in [-0.39, 0.29) is 0 Å². The minimum absolute atomic E-state index is 0.757. The minimum atomic E-state index is 0.757. The van der Waals surface area contributed by atoms with E-state index in [4.69, 9.17) is 9.72 Å². The number of benzene rings is 3. The van der Waals surface area contributed by atoms with Crippen molar-refractivity contribution in [3.8, 4) is 17.3 Å². The van der Waals surface area contributed by atoms with Gasteiger partial charge in [0.2, 0.25) is 5.78 Å². The highest BCUT2D eigenvalue weighted by molar-refractivity contribution is 5.93. The predicted molar refractivity (Wildman–Crippen MR) is 143 cm³/mol. The molecule has 1 aliphatic heterocycles. The van der Waals surface area contributed by atoms with Gasteiger partial charge >= 0.3 is 0 Å². The zero-order chi connectivity index (χ0) is 24.2. The van der Waals surface area contributed by atoms with E-state index in [0.717, 1.165) is 63.1 Å². The molecule has 0 atom stereocenters. The maximum Gasteiger partial charge on any atom is 0.221 e. The fraction of sp³-hybridized carbons (Fsp3) is 0.103. The van der Waals surface area contributed by atoms with Gasteiger partial charge in [0.15, 0.2) is 0 Å². The van der Waals surface area contributed by atoms with Gasteiger partial charge in [-0.25, -0.2) is 9.97 Å². The highest BCUT2D eigenvalue weighted by atomic mass is 16.5. The number of hydrogen-bond donors (Lipinski definition) is 0. The van der Waals surface area contributed by atoms with Crippen LogP contribution in [-0.2, 0) is 0 Å². The molecule has 0 aliphatic carbocycles. The Bertz CT molecular complexity index is 1780. The molecule has 6 aromatic rings. The molecular formula is C29H24N6O. The van der Waals surface area contributed by atoms with E-state index in [2.05, 4.69) is 92.6 Å². The minimum Gasteiger partial charge on any atom is -0.457 e. The fourth-order valence-electron chi connectivity index (χ4n) is 4.93. The van der Waals surface area contributed by atoms with Crippen molar-refractivity contribution < 1.29 is 4.74 Å². The molecule has 3 aromatic heterocycles. The number of ether oxygens (including phenoxy) is 1. The average Bonchev–Trinajstić information content (AvgIpc) is 3.58. The maximum absolute atomic E-state index is 6.36. The van der Waals surface area contributed by atoms with Crippen LogP contribution in [0.2, 0.25) is 0 Å². The third kappa shape index (κ3) is 3.20. The summed E-state index contributed by atoms with van der Waals surface area (Å²) < 4.78 is 10.7. The van der Waals surface area contributed by atoms with Crippen LogP contribution in [0.1, 0.15) is 5.56 Å². The Balaban J connectivity index is 1.37. The Morgan fingerprint density at radius 2 is 1.69 bits per heavy atom. The zero-order valence-corrected chi connectivity index (χ0v) is 20.0. The lowest BCUT2D eigenvalue weighted by molar-refractivity contribution is 0.481. The number of anilines is 1. The molecule has 7 rings (SSSR count). The third-order valence-electron chi connectivity index (χ3n) is 6.64. The molecule has 0 amide bonds. The van der Waals surface area contributed by atoms with E-state index in [0.29, 0.717) is 0 Å². The van der Waals surface area contributed by atoms with Crippen LogP contribution in [0.4, 0.5) is 5.69 Å². The lowest BCUT2D eigenvalue weighted by atomic mass is 10.2. The first-order valence-electron chi connectivity index (χ1n) is 11.9. The molecule has 36 heavy (non-hydrogen) atoms. The molecule has 4 heterocycles. The summed E-state index contributed by atoms with van der Waals surface area (Å²) in [5.74, 6) is 3.19. The van der Waals surface area contributed by atoms with Gasteiger partial charge in [0, 0.05) is 43.5 Å². The van der Waals surface area contributed by atoms with Gasteiger partial charge in [0.1, 0.15) is 17.3 Å². The number of aryl methyl sites for hydroxylation is 1. The zero-order valence-electron chi connectivity index (χ0n) is 20.0. The summed E-state index contributed by atoms with van der Waals surface area (Å²) in [6.07, 6.45) is 5.95. The predicted octanol–water partition coefficient (Wildman–Crippen LogP) is 6.11. The Morgan fingerprint density at radius 1 is 0.806 bits per heavy atom. The van der Waals surface area contributed by atoms with Gasteiger partial charge in [0.05, 0.1) is 28.7 Å². The van der Waals surface area contributed by atoms with Crippen molar-refractivity contribution in [3.63, 3.8) is 0 Å². The van der Waals surface area contributed by atoms with Crippen molar-refractivity contribution in [2.75, 3.05) is 18.6 Å². The van der Waals surface area contributed by atoms with Crippen LogP contribution in [0.3, 0.4) is 0 Å². The van der Waals surface area contributed by atoms with Gasteiger partial charge in [-0.05, 0) is 55.0 Å².